The highest BCUT2D eigenvalue weighted by Crippen LogP contribution is 2.27. The van der Waals surface area contributed by atoms with Crippen LogP contribution < -0.4 is 16.0 Å². The first-order valence-electron chi connectivity index (χ1n) is 7.54. The fourth-order valence-corrected chi connectivity index (χ4v) is 2.25. The topological polar surface area (TPSA) is 100 Å². The molecule has 0 radical (unpaired) electrons. The van der Waals surface area contributed by atoms with Crippen LogP contribution in [0.1, 0.15) is 18.1 Å². The molecule has 0 atom stereocenters. The van der Waals surface area contributed by atoms with Crippen molar-refractivity contribution < 1.29 is 14.4 Å². The second-order valence-electron chi connectivity index (χ2n) is 5.50. The summed E-state index contributed by atoms with van der Waals surface area (Å²) in [6, 6.07) is 5.58. The van der Waals surface area contributed by atoms with Crippen LogP contribution in [0.2, 0.25) is 0 Å². The first kappa shape index (κ1) is 17.4. The summed E-state index contributed by atoms with van der Waals surface area (Å²) >= 11 is 0. The molecule has 2 aromatic rings. The van der Waals surface area contributed by atoms with Gasteiger partial charge in [-0.1, -0.05) is 0 Å². The van der Waals surface area contributed by atoms with Gasteiger partial charge < -0.3 is 16.0 Å². The maximum Gasteiger partial charge on any atom is 0.243 e. The van der Waals surface area contributed by atoms with Crippen molar-refractivity contribution in [3.8, 4) is 0 Å². The van der Waals surface area contributed by atoms with E-state index in [1.165, 1.54) is 6.92 Å². The lowest BCUT2D eigenvalue weighted by Gasteiger charge is -2.13. The number of fused-ring (bicyclic) bond motifs is 1. The third-order valence-corrected chi connectivity index (χ3v) is 3.62. The lowest BCUT2D eigenvalue weighted by Crippen LogP contribution is -2.39. The van der Waals surface area contributed by atoms with Crippen molar-refractivity contribution in [2.24, 2.45) is 0 Å². The van der Waals surface area contributed by atoms with Crippen LogP contribution in [-0.2, 0) is 14.4 Å². The van der Waals surface area contributed by atoms with E-state index in [1.54, 1.807) is 6.20 Å². The zero-order chi connectivity index (χ0) is 17.7. The normalized spacial score (nSPS) is 10.3. The third-order valence-electron chi connectivity index (χ3n) is 3.62. The van der Waals surface area contributed by atoms with Crippen molar-refractivity contribution in [3.63, 3.8) is 0 Å². The average Bonchev–Trinajstić information content (AvgIpc) is 2.55. The summed E-state index contributed by atoms with van der Waals surface area (Å²) in [6.45, 7) is 4.93. The van der Waals surface area contributed by atoms with Crippen molar-refractivity contribution in [3.05, 3.63) is 35.5 Å². The minimum atomic E-state index is -0.424. The Morgan fingerprint density at radius 2 is 1.79 bits per heavy atom. The first-order valence-corrected chi connectivity index (χ1v) is 7.54. The highest BCUT2D eigenvalue weighted by Gasteiger charge is 2.11. The molecule has 3 amide bonds. The summed E-state index contributed by atoms with van der Waals surface area (Å²) in [5, 5.41) is 8.45. The zero-order valence-electron chi connectivity index (χ0n) is 13.9. The van der Waals surface area contributed by atoms with Crippen molar-refractivity contribution in [2.45, 2.75) is 20.8 Å². The number of anilines is 1. The number of nitrogens with one attached hydrogen (secondary N) is 3. The highest BCUT2D eigenvalue weighted by molar-refractivity contribution is 6.03. The number of aromatic nitrogens is 1. The molecule has 0 spiro atoms. The standard InChI is InChI=1S/C17H20N4O3/c1-10-7-14(13-5-4-6-18-17(13)11(10)2)21-16(24)9-20-15(23)8-19-12(3)22/h4-7H,8-9H2,1-3H3,(H,19,22)(H,20,23)(H,21,24). The Balaban J connectivity index is 2.05. The van der Waals surface area contributed by atoms with Crippen LogP contribution >= 0.6 is 0 Å². The van der Waals surface area contributed by atoms with Crippen molar-refractivity contribution in [1.29, 1.82) is 0 Å². The Hall–Kier alpha value is -2.96. The van der Waals surface area contributed by atoms with Crippen LogP contribution in [0.3, 0.4) is 0 Å². The summed E-state index contributed by atoms with van der Waals surface area (Å²) in [5.41, 5.74) is 3.57. The molecule has 1 aromatic carbocycles. The molecule has 0 fully saturated rings. The van der Waals surface area contributed by atoms with Gasteiger partial charge in [-0.15, -0.1) is 0 Å². The molecule has 2 rings (SSSR count). The molecular weight excluding hydrogens is 308 g/mol. The Morgan fingerprint density at radius 3 is 2.50 bits per heavy atom. The van der Waals surface area contributed by atoms with Gasteiger partial charge in [-0.05, 0) is 43.2 Å². The van der Waals surface area contributed by atoms with E-state index in [9.17, 15) is 14.4 Å². The number of pyridine rings is 1. The van der Waals surface area contributed by atoms with Gasteiger partial charge in [0.25, 0.3) is 0 Å². The van der Waals surface area contributed by atoms with Crippen LogP contribution in [0, 0.1) is 13.8 Å². The number of carbonyl (C=O) groups excluding carboxylic acids is 3. The smallest absolute Gasteiger partial charge is 0.243 e. The van der Waals surface area contributed by atoms with E-state index in [0.717, 1.165) is 22.0 Å². The van der Waals surface area contributed by atoms with Gasteiger partial charge in [-0.3, -0.25) is 19.4 Å². The molecule has 0 bridgehead atoms. The molecule has 0 aliphatic heterocycles. The number of hydrogen-bond donors (Lipinski definition) is 3. The van der Waals surface area contributed by atoms with Crippen LogP contribution in [-0.4, -0.2) is 35.8 Å². The van der Waals surface area contributed by atoms with Gasteiger partial charge in [0, 0.05) is 18.5 Å². The summed E-state index contributed by atoms with van der Waals surface area (Å²) in [5.74, 6) is -1.07. The summed E-state index contributed by atoms with van der Waals surface area (Å²) < 4.78 is 0. The molecule has 0 unspecified atom stereocenters. The quantitative estimate of drug-likeness (QED) is 0.763. The van der Waals surface area contributed by atoms with Crippen LogP contribution in [0.4, 0.5) is 5.69 Å². The largest absolute Gasteiger partial charge is 0.347 e. The van der Waals surface area contributed by atoms with Crippen molar-refractivity contribution >= 4 is 34.3 Å². The maximum atomic E-state index is 12.1. The van der Waals surface area contributed by atoms with E-state index in [4.69, 9.17) is 0 Å². The van der Waals surface area contributed by atoms with E-state index in [2.05, 4.69) is 20.9 Å². The minimum absolute atomic E-state index is 0.154. The van der Waals surface area contributed by atoms with Gasteiger partial charge in [0.05, 0.1) is 24.3 Å². The summed E-state index contributed by atoms with van der Waals surface area (Å²) in [4.78, 5) is 38.7. The molecule has 126 valence electrons. The summed E-state index contributed by atoms with van der Waals surface area (Å²) in [7, 11) is 0. The third kappa shape index (κ3) is 4.28. The van der Waals surface area contributed by atoms with E-state index >= 15 is 0 Å². The molecule has 24 heavy (non-hydrogen) atoms. The Bertz CT molecular complexity index is 802. The zero-order valence-corrected chi connectivity index (χ0v) is 13.9. The fraction of sp³-hybridized carbons (Fsp3) is 0.294. The van der Waals surface area contributed by atoms with Gasteiger partial charge in [0.15, 0.2) is 0 Å². The Kier molecular flexibility index (Phi) is 5.47. The second kappa shape index (κ2) is 7.54. The van der Waals surface area contributed by atoms with E-state index in [1.807, 2.05) is 32.0 Å². The van der Waals surface area contributed by atoms with E-state index in [0.29, 0.717) is 5.69 Å². The number of benzene rings is 1. The number of amides is 3. The van der Waals surface area contributed by atoms with Gasteiger partial charge in [0.1, 0.15) is 0 Å². The van der Waals surface area contributed by atoms with Gasteiger partial charge in [0.2, 0.25) is 17.7 Å². The number of rotatable bonds is 5. The molecule has 1 heterocycles. The van der Waals surface area contributed by atoms with Gasteiger partial charge >= 0.3 is 0 Å². The van der Waals surface area contributed by atoms with Crippen molar-refractivity contribution in [2.75, 3.05) is 18.4 Å². The van der Waals surface area contributed by atoms with Crippen molar-refractivity contribution in [1.82, 2.24) is 15.6 Å². The number of aryl methyl sites for hydroxylation is 2. The Morgan fingerprint density at radius 1 is 1.08 bits per heavy atom. The number of carbonyl (C=O) groups is 3. The lowest BCUT2D eigenvalue weighted by atomic mass is 10.0. The number of nitrogens with zero attached hydrogens (tertiary/aromatic N) is 1. The summed E-state index contributed by atoms with van der Waals surface area (Å²) in [6.07, 6.45) is 1.71. The molecule has 0 aliphatic carbocycles. The highest BCUT2D eigenvalue weighted by atomic mass is 16.2. The minimum Gasteiger partial charge on any atom is -0.347 e. The second-order valence-corrected chi connectivity index (χ2v) is 5.50. The Labute approximate surface area is 139 Å². The van der Waals surface area contributed by atoms with Gasteiger partial charge in [-0.25, -0.2) is 0 Å². The molecule has 0 aliphatic rings. The fourth-order valence-electron chi connectivity index (χ4n) is 2.25. The van der Waals surface area contributed by atoms with Crippen LogP contribution in [0.25, 0.3) is 10.9 Å². The SMILES string of the molecule is CC(=O)NCC(=O)NCC(=O)Nc1cc(C)c(C)c2ncccc12. The molecule has 3 N–H and O–H groups in total. The molecule has 0 saturated heterocycles. The monoisotopic (exact) mass is 328 g/mol. The average molecular weight is 328 g/mol. The first-order chi connectivity index (χ1) is 11.4. The molecule has 7 nitrogen and oxygen atoms in total. The molecule has 7 heteroatoms. The molecule has 0 saturated carbocycles. The maximum absolute atomic E-state index is 12.1. The molecule has 1 aromatic heterocycles. The van der Waals surface area contributed by atoms with E-state index in [-0.39, 0.29) is 24.9 Å². The predicted molar refractivity (Wildman–Crippen MR) is 91.5 cm³/mol. The van der Waals surface area contributed by atoms with Gasteiger partial charge in [-0.2, -0.15) is 0 Å². The lowest BCUT2D eigenvalue weighted by molar-refractivity contribution is -0.126. The predicted octanol–water partition coefficient (Wildman–Crippen LogP) is 1.04. The van der Waals surface area contributed by atoms with Crippen LogP contribution in [0.5, 0.6) is 0 Å². The van der Waals surface area contributed by atoms with Crippen LogP contribution in [0.15, 0.2) is 24.4 Å². The molecular formula is C17H20N4O3. The van der Waals surface area contributed by atoms with E-state index < -0.39 is 5.91 Å². The number of hydrogen-bond acceptors (Lipinski definition) is 4.